The number of carbonyl (C=O) groups is 1. The normalized spacial score (nSPS) is 16.1. The first-order chi connectivity index (χ1) is 10.5. The van der Waals surface area contributed by atoms with E-state index < -0.39 is 26.8 Å². The molecule has 0 radical (unpaired) electrons. The molecule has 23 heavy (non-hydrogen) atoms. The Morgan fingerprint density at radius 1 is 1.26 bits per heavy atom. The topological polar surface area (TPSA) is 82.1 Å². The van der Waals surface area contributed by atoms with E-state index in [0.29, 0.717) is 6.42 Å². The van der Waals surface area contributed by atoms with Crippen LogP contribution in [0.3, 0.4) is 0 Å². The molecule has 0 fully saturated rings. The first-order valence-corrected chi connectivity index (χ1v) is 9.55. The molecule has 0 aromatic rings. The van der Waals surface area contributed by atoms with Gasteiger partial charge in [-0.05, 0) is 43.8 Å². The molecule has 0 aliphatic heterocycles. The summed E-state index contributed by atoms with van der Waals surface area (Å²) in [5.74, 6) is -0.575. The number of halogens is 2. The lowest BCUT2D eigenvalue weighted by Gasteiger charge is -2.28. The second kappa shape index (κ2) is 10.7. The van der Waals surface area contributed by atoms with Crippen LogP contribution in [0.25, 0.3) is 0 Å². The molecule has 2 atom stereocenters. The highest BCUT2D eigenvalue weighted by molar-refractivity contribution is 7.92. The van der Waals surface area contributed by atoms with Crippen molar-refractivity contribution in [2.75, 3.05) is 32.1 Å². The number of esters is 1. The molecule has 0 heterocycles. The van der Waals surface area contributed by atoms with E-state index in [-0.39, 0.29) is 32.1 Å². The molecule has 0 aliphatic carbocycles. The van der Waals surface area contributed by atoms with E-state index >= 15 is 0 Å². The van der Waals surface area contributed by atoms with Crippen LogP contribution in [0.4, 0.5) is 0 Å². The minimum absolute atomic E-state index is 0.0119. The molecule has 138 valence electrons. The summed E-state index contributed by atoms with van der Waals surface area (Å²) in [5.41, 5.74) is 0. The van der Waals surface area contributed by atoms with Gasteiger partial charge in [-0.3, -0.25) is 4.79 Å². The highest BCUT2D eigenvalue weighted by Crippen LogP contribution is 2.25. The lowest BCUT2D eigenvalue weighted by atomic mass is 10.1. The van der Waals surface area contributed by atoms with Gasteiger partial charge in [0.25, 0.3) is 0 Å². The largest absolute Gasteiger partial charge is 0.436 e. The minimum atomic E-state index is -3.43. The molecule has 0 spiro atoms. The monoisotopic (exact) mass is 393 g/mol. The number of rotatable bonds is 12. The van der Waals surface area contributed by atoms with E-state index in [1.165, 1.54) is 6.92 Å². The maximum absolute atomic E-state index is 12.4. The number of sulfone groups is 1. The Balaban J connectivity index is 4.13. The number of hydrogen-bond donors (Lipinski definition) is 0. The van der Waals surface area contributed by atoms with E-state index in [1.54, 1.807) is 20.8 Å². The van der Waals surface area contributed by atoms with Crippen LogP contribution in [0.2, 0.25) is 0 Å². The maximum Gasteiger partial charge on any atom is 0.304 e. The van der Waals surface area contributed by atoms with Crippen molar-refractivity contribution in [2.24, 2.45) is 0 Å². The van der Waals surface area contributed by atoms with Gasteiger partial charge in [0.05, 0.1) is 30.3 Å². The lowest BCUT2D eigenvalue weighted by molar-refractivity contribution is -0.174. The molecule has 0 aromatic heterocycles. The third-order valence-corrected chi connectivity index (χ3v) is 6.22. The average Bonchev–Trinajstić information content (AvgIpc) is 2.40. The summed E-state index contributed by atoms with van der Waals surface area (Å²) in [6, 6.07) is 0. The molecule has 0 saturated carbocycles. The fourth-order valence-electron chi connectivity index (χ4n) is 1.74. The number of nitrogens with zero attached hydrogens (tertiary/aromatic N) is 1. The minimum Gasteiger partial charge on any atom is -0.436 e. The summed E-state index contributed by atoms with van der Waals surface area (Å²) < 4.78 is 39.7. The summed E-state index contributed by atoms with van der Waals surface area (Å²) in [5, 5.41) is 0. The molecule has 0 aliphatic rings. The Bertz CT molecular complexity index is 459. The van der Waals surface area contributed by atoms with Crippen LogP contribution in [0, 0.1) is 0 Å². The van der Waals surface area contributed by atoms with Crippen LogP contribution in [0.1, 0.15) is 34.1 Å². The second-order valence-electron chi connectivity index (χ2n) is 5.24. The van der Waals surface area contributed by atoms with E-state index in [0.717, 1.165) is 3.94 Å². The van der Waals surface area contributed by atoms with Crippen LogP contribution in [-0.4, -0.2) is 61.5 Å². The van der Waals surface area contributed by atoms with Gasteiger partial charge in [0, 0.05) is 13.5 Å². The molecular weight excluding hydrogens is 369 g/mol. The summed E-state index contributed by atoms with van der Waals surface area (Å²) in [7, 11) is -3.43. The van der Waals surface area contributed by atoms with E-state index in [9.17, 15) is 13.2 Å². The molecule has 10 heteroatoms. The SMILES string of the molecule is CCC(C)(CN(Cl)Cl)S(=O)(=O)CCOCCOC(C)OC(C)=O. The van der Waals surface area contributed by atoms with Gasteiger partial charge >= 0.3 is 5.97 Å². The van der Waals surface area contributed by atoms with E-state index in [1.807, 2.05) is 0 Å². The Morgan fingerprint density at radius 3 is 2.35 bits per heavy atom. The Hall–Kier alpha value is -0.120. The van der Waals surface area contributed by atoms with E-state index in [4.69, 9.17) is 37.8 Å². The Kier molecular flexibility index (Phi) is 10.6. The highest BCUT2D eigenvalue weighted by Gasteiger charge is 2.38. The number of hydrogen-bond acceptors (Lipinski definition) is 7. The zero-order chi connectivity index (χ0) is 18.1. The molecular formula is C13H25Cl2NO6S. The molecule has 0 rings (SSSR count). The Labute approximate surface area is 148 Å². The summed E-state index contributed by atoms with van der Waals surface area (Å²) in [6.45, 7) is 6.67. The molecule has 0 bridgehead atoms. The smallest absolute Gasteiger partial charge is 0.304 e. The van der Waals surface area contributed by atoms with E-state index in [2.05, 4.69) is 0 Å². The zero-order valence-electron chi connectivity index (χ0n) is 13.9. The second-order valence-corrected chi connectivity index (χ2v) is 8.86. The van der Waals surface area contributed by atoms with Crippen molar-refractivity contribution >= 4 is 39.4 Å². The molecule has 7 nitrogen and oxygen atoms in total. The molecule has 0 saturated heterocycles. The fraction of sp³-hybridized carbons (Fsp3) is 0.923. The van der Waals surface area contributed by atoms with Gasteiger partial charge in [-0.1, -0.05) is 6.92 Å². The van der Waals surface area contributed by atoms with Crippen molar-refractivity contribution in [2.45, 2.75) is 45.2 Å². The van der Waals surface area contributed by atoms with Crippen molar-refractivity contribution in [1.29, 1.82) is 0 Å². The third-order valence-electron chi connectivity index (χ3n) is 3.36. The van der Waals surface area contributed by atoms with Gasteiger partial charge in [-0.15, -0.1) is 3.94 Å². The van der Waals surface area contributed by atoms with Gasteiger partial charge in [0.1, 0.15) is 0 Å². The molecule has 0 amide bonds. The van der Waals surface area contributed by atoms with Gasteiger partial charge in [0.2, 0.25) is 0 Å². The molecule has 2 unspecified atom stereocenters. The number of carbonyl (C=O) groups excluding carboxylic acids is 1. The molecule has 0 N–H and O–H groups in total. The highest BCUT2D eigenvalue weighted by atomic mass is 35.5. The standard InChI is InChI=1S/C13H25Cl2NO6S/c1-5-13(4,10-16(14)15)23(18,19)9-8-20-6-7-21-12(3)22-11(2)17/h12H,5-10H2,1-4H3. The van der Waals surface area contributed by atoms with Crippen LogP contribution in [0.15, 0.2) is 0 Å². The predicted molar refractivity (Wildman–Crippen MR) is 88.9 cm³/mol. The fourth-order valence-corrected chi connectivity index (χ4v) is 4.01. The van der Waals surface area contributed by atoms with Crippen LogP contribution < -0.4 is 0 Å². The summed E-state index contributed by atoms with van der Waals surface area (Å²) in [4.78, 5) is 10.7. The van der Waals surface area contributed by atoms with Crippen molar-refractivity contribution in [3.63, 3.8) is 0 Å². The van der Waals surface area contributed by atoms with Crippen LogP contribution in [0.5, 0.6) is 0 Å². The first-order valence-electron chi connectivity index (χ1n) is 7.22. The van der Waals surface area contributed by atoms with Crippen LogP contribution >= 0.6 is 23.6 Å². The zero-order valence-corrected chi connectivity index (χ0v) is 16.2. The Morgan fingerprint density at radius 2 is 1.87 bits per heavy atom. The molecule has 0 aromatic carbocycles. The van der Waals surface area contributed by atoms with Crippen LogP contribution in [-0.2, 0) is 28.8 Å². The van der Waals surface area contributed by atoms with Gasteiger partial charge < -0.3 is 14.2 Å². The average molecular weight is 394 g/mol. The summed E-state index contributed by atoms with van der Waals surface area (Å²) in [6.07, 6.45) is -0.282. The van der Waals surface area contributed by atoms with Crippen molar-refractivity contribution in [3.8, 4) is 0 Å². The quantitative estimate of drug-likeness (QED) is 0.217. The predicted octanol–water partition coefficient (Wildman–Crippen LogP) is 2.12. The van der Waals surface area contributed by atoms with Crippen molar-refractivity contribution < 1.29 is 27.4 Å². The summed E-state index contributed by atoms with van der Waals surface area (Å²) >= 11 is 11.1. The first kappa shape index (κ1) is 22.9. The van der Waals surface area contributed by atoms with Gasteiger partial charge in [-0.2, -0.15) is 0 Å². The lowest BCUT2D eigenvalue weighted by Crippen LogP contribution is -2.43. The maximum atomic E-state index is 12.4. The van der Waals surface area contributed by atoms with Crippen molar-refractivity contribution in [3.05, 3.63) is 0 Å². The van der Waals surface area contributed by atoms with Gasteiger partial charge in [-0.25, -0.2) is 8.42 Å². The van der Waals surface area contributed by atoms with Gasteiger partial charge in [0.15, 0.2) is 16.1 Å². The van der Waals surface area contributed by atoms with Crippen molar-refractivity contribution in [1.82, 2.24) is 3.94 Å². The number of ether oxygens (including phenoxy) is 3. The third kappa shape index (κ3) is 9.07.